The van der Waals surface area contributed by atoms with Crippen molar-refractivity contribution in [3.05, 3.63) is 40.6 Å². The fourth-order valence-corrected chi connectivity index (χ4v) is 2.44. The average Bonchev–Trinajstić information content (AvgIpc) is 2.78. The van der Waals surface area contributed by atoms with Gasteiger partial charge in [0.15, 0.2) is 5.16 Å². The van der Waals surface area contributed by atoms with Crippen molar-refractivity contribution in [1.82, 2.24) is 9.55 Å². The molecular formula is C12H11BrN2O2S. The molecule has 0 atom stereocenters. The number of thioether (sulfide) groups is 1. The maximum atomic E-state index is 10.6. The highest BCUT2D eigenvalue weighted by Gasteiger charge is 2.08. The van der Waals surface area contributed by atoms with Crippen molar-refractivity contribution in [3.8, 4) is 5.69 Å². The van der Waals surface area contributed by atoms with Crippen molar-refractivity contribution >= 4 is 33.7 Å². The Morgan fingerprint density at radius 1 is 1.56 bits per heavy atom. The third-order valence-electron chi connectivity index (χ3n) is 2.35. The Balaban J connectivity index is 2.30. The molecule has 0 fully saturated rings. The van der Waals surface area contributed by atoms with Gasteiger partial charge >= 0.3 is 5.97 Å². The Morgan fingerprint density at radius 2 is 2.33 bits per heavy atom. The van der Waals surface area contributed by atoms with Gasteiger partial charge in [-0.15, -0.1) is 0 Å². The summed E-state index contributed by atoms with van der Waals surface area (Å²) in [5, 5.41) is 9.37. The molecular weight excluding hydrogens is 316 g/mol. The summed E-state index contributed by atoms with van der Waals surface area (Å²) in [7, 11) is 0. The SMILES string of the molecule is Cc1cc(-n2ccnc2SCC(=O)O)ccc1Br. The molecule has 2 aromatic rings. The van der Waals surface area contributed by atoms with E-state index in [0.29, 0.717) is 5.16 Å². The summed E-state index contributed by atoms with van der Waals surface area (Å²) in [6.45, 7) is 2.01. The molecule has 94 valence electrons. The number of hydrogen-bond acceptors (Lipinski definition) is 3. The summed E-state index contributed by atoms with van der Waals surface area (Å²) in [5.41, 5.74) is 2.09. The first-order valence-corrected chi connectivity index (χ1v) is 7.00. The summed E-state index contributed by atoms with van der Waals surface area (Å²) in [4.78, 5) is 14.7. The van der Waals surface area contributed by atoms with Crippen LogP contribution in [0.4, 0.5) is 0 Å². The first-order valence-electron chi connectivity index (χ1n) is 5.22. The molecule has 1 N–H and O–H groups in total. The molecule has 18 heavy (non-hydrogen) atoms. The number of carboxylic acids is 1. The quantitative estimate of drug-likeness (QED) is 0.877. The van der Waals surface area contributed by atoms with Crippen LogP contribution in [0, 0.1) is 6.92 Å². The van der Waals surface area contributed by atoms with Crippen molar-refractivity contribution in [2.24, 2.45) is 0 Å². The Morgan fingerprint density at radius 3 is 3.00 bits per heavy atom. The van der Waals surface area contributed by atoms with Crippen LogP contribution in [-0.4, -0.2) is 26.4 Å². The van der Waals surface area contributed by atoms with E-state index in [1.165, 1.54) is 11.8 Å². The lowest BCUT2D eigenvalue weighted by Gasteiger charge is -2.08. The van der Waals surface area contributed by atoms with Crippen LogP contribution >= 0.6 is 27.7 Å². The fourth-order valence-electron chi connectivity index (χ4n) is 1.50. The molecule has 1 aromatic heterocycles. The number of hydrogen-bond donors (Lipinski definition) is 1. The van der Waals surface area contributed by atoms with Crippen molar-refractivity contribution in [2.45, 2.75) is 12.1 Å². The summed E-state index contributed by atoms with van der Waals surface area (Å²) < 4.78 is 2.93. The number of aliphatic carboxylic acids is 1. The van der Waals surface area contributed by atoms with E-state index in [2.05, 4.69) is 20.9 Å². The van der Waals surface area contributed by atoms with E-state index >= 15 is 0 Å². The van der Waals surface area contributed by atoms with Crippen molar-refractivity contribution in [1.29, 1.82) is 0 Å². The van der Waals surface area contributed by atoms with Crippen LogP contribution in [0.3, 0.4) is 0 Å². The van der Waals surface area contributed by atoms with Crippen molar-refractivity contribution in [3.63, 3.8) is 0 Å². The van der Waals surface area contributed by atoms with E-state index in [4.69, 9.17) is 5.11 Å². The monoisotopic (exact) mass is 326 g/mol. The Bertz CT molecular complexity index is 583. The number of imidazole rings is 1. The summed E-state index contributed by atoms with van der Waals surface area (Å²) in [5.74, 6) is -0.839. The van der Waals surface area contributed by atoms with Gasteiger partial charge < -0.3 is 5.11 Å². The number of benzene rings is 1. The molecule has 0 radical (unpaired) electrons. The third kappa shape index (κ3) is 2.94. The zero-order chi connectivity index (χ0) is 13.1. The molecule has 0 aliphatic rings. The zero-order valence-corrected chi connectivity index (χ0v) is 12.0. The molecule has 0 spiro atoms. The predicted molar refractivity (Wildman–Crippen MR) is 74.4 cm³/mol. The van der Waals surface area contributed by atoms with E-state index in [1.54, 1.807) is 6.20 Å². The lowest BCUT2D eigenvalue weighted by atomic mass is 10.2. The van der Waals surface area contributed by atoms with Crippen LogP contribution in [0.25, 0.3) is 5.69 Å². The molecule has 1 heterocycles. The van der Waals surface area contributed by atoms with Gasteiger partial charge in [0.1, 0.15) is 0 Å². The minimum atomic E-state index is -0.846. The molecule has 0 bridgehead atoms. The second-order valence-corrected chi connectivity index (χ2v) is 5.49. The lowest BCUT2D eigenvalue weighted by Crippen LogP contribution is -2.01. The average molecular weight is 327 g/mol. The van der Waals surface area contributed by atoms with E-state index in [9.17, 15) is 4.79 Å². The molecule has 0 saturated heterocycles. The first-order chi connectivity index (χ1) is 8.58. The third-order valence-corrected chi connectivity index (χ3v) is 4.19. The lowest BCUT2D eigenvalue weighted by molar-refractivity contribution is -0.133. The number of halogens is 1. The number of rotatable bonds is 4. The number of carboxylic acid groups (broad SMARTS) is 1. The van der Waals surface area contributed by atoms with E-state index in [-0.39, 0.29) is 5.75 Å². The van der Waals surface area contributed by atoms with E-state index in [1.807, 2.05) is 35.9 Å². The van der Waals surface area contributed by atoms with E-state index in [0.717, 1.165) is 15.7 Å². The van der Waals surface area contributed by atoms with Crippen LogP contribution in [0.1, 0.15) is 5.56 Å². The maximum absolute atomic E-state index is 10.6. The van der Waals surface area contributed by atoms with Gasteiger partial charge in [0, 0.05) is 22.6 Å². The van der Waals surface area contributed by atoms with Gasteiger partial charge in [0.25, 0.3) is 0 Å². The molecule has 0 aliphatic carbocycles. The number of nitrogens with zero attached hydrogens (tertiary/aromatic N) is 2. The number of carbonyl (C=O) groups is 1. The van der Waals surface area contributed by atoms with Gasteiger partial charge in [-0.25, -0.2) is 4.98 Å². The van der Waals surface area contributed by atoms with Crippen molar-refractivity contribution in [2.75, 3.05) is 5.75 Å². The summed E-state index contributed by atoms with van der Waals surface area (Å²) in [6.07, 6.45) is 3.49. The topological polar surface area (TPSA) is 55.1 Å². The summed E-state index contributed by atoms with van der Waals surface area (Å²) >= 11 is 4.66. The van der Waals surface area contributed by atoms with Gasteiger partial charge in [-0.1, -0.05) is 27.7 Å². The highest BCUT2D eigenvalue weighted by Crippen LogP contribution is 2.24. The van der Waals surface area contributed by atoms with Crippen LogP contribution in [0.15, 0.2) is 40.2 Å². The first kappa shape index (κ1) is 13.2. The van der Waals surface area contributed by atoms with Gasteiger partial charge in [-0.3, -0.25) is 9.36 Å². The number of aromatic nitrogens is 2. The highest BCUT2D eigenvalue weighted by atomic mass is 79.9. The van der Waals surface area contributed by atoms with Crippen molar-refractivity contribution < 1.29 is 9.90 Å². The zero-order valence-electron chi connectivity index (χ0n) is 9.63. The second-order valence-electron chi connectivity index (χ2n) is 3.70. The Kier molecular flexibility index (Phi) is 4.08. The fraction of sp³-hybridized carbons (Fsp3) is 0.167. The van der Waals surface area contributed by atoms with Crippen LogP contribution in [0.2, 0.25) is 0 Å². The normalized spacial score (nSPS) is 10.6. The molecule has 6 heteroatoms. The number of aryl methyl sites for hydroxylation is 1. The molecule has 0 aliphatic heterocycles. The van der Waals surface area contributed by atoms with Crippen LogP contribution in [0.5, 0.6) is 0 Å². The van der Waals surface area contributed by atoms with Gasteiger partial charge in [0.05, 0.1) is 5.75 Å². The molecule has 0 amide bonds. The van der Waals surface area contributed by atoms with Crippen LogP contribution < -0.4 is 0 Å². The largest absolute Gasteiger partial charge is 0.481 e. The Labute approximate surface area is 117 Å². The Hall–Kier alpha value is -1.27. The molecule has 4 nitrogen and oxygen atoms in total. The van der Waals surface area contributed by atoms with Crippen LogP contribution in [-0.2, 0) is 4.79 Å². The van der Waals surface area contributed by atoms with E-state index < -0.39 is 5.97 Å². The maximum Gasteiger partial charge on any atom is 0.313 e. The van der Waals surface area contributed by atoms with Gasteiger partial charge in [-0.05, 0) is 30.7 Å². The molecule has 1 aromatic carbocycles. The van der Waals surface area contributed by atoms with Gasteiger partial charge in [-0.2, -0.15) is 0 Å². The predicted octanol–water partition coefficient (Wildman–Crippen LogP) is 3.12. The molecule has 0 saturated carbocycles. The highest BCUT2D eigenvalue weighted by molar-refractivity contribution is 9.10. The van der Waals surface area contributed by atoms with Gasteiger partial charge in [0.2, 0.25) is 0 Å². The second kappa shape index (κ2) is 5.58. The summed E-state index contributed by atoms with van der Waals surface area (Å²) in [6, 6.07) is 5.95. The minimum Gasteiger partial charge on any atom is -0.481 e. The standard InChI is InChI=1S/C12H11BrN2O2S/c1-8-6-9(2-3-10(8)13)15-5-4-14-12(15)18-7-11(16)17/h2-6H,7H2,1H3,(H,16,17). The molecule has 0 unspecified atom stereocenters. The smallest absolute Gasteiger partial charge is 0.313 e. The molecule has 2 rings (SSSR count). The minimum absolute atomic E-state index is 0.00647.